The van der Waals surface area contributed by atoms with Gasteiger partial charge in [0.05, 0.1) is 0 Å². The van der Waals surface area contributed by atoms with E-state index < -0.39 is 35.2 Å². The van der Waals surface area contributed by atoms with E-state index in [9.17, 15) is 30.3 Å². The Morgan fingerprint density at radius 1 is 0.955 bits per heavy atom. The molecular formula is C15H12O7. The Morgan fingerprint density at radius 2 is 1.59 bits per heavy atom. The molecule has 5 N–H and O–H groups in total. The van der Waals surface area contributed by atoms with Crippen molar-refractivity contribution in [2.75, 3.05) is 0 Å². The number of ether oxygens (including phenoxy) is 1. The number of carbonyl (C=O) groups is 1. The molecule has 2 unspecified atom stereocenters. The van der Waals surface area contributed by atoms with E-state index in [1.54, 1.807) is 0 Å². The van der Waals surface area contributed by atoms with E-state index in [-0.39, 0.29) is 22.6 Å². The molecule has 1 heterocycles. The van der Waals surface area contributed by atoms with E-state index in [2.05, 4.69) is 0 Å². The van der Waals surface area contributed by atoms with Crippen molar-refractivity contribution in [3.8, 4) is 28.7 Å². The molecule has 0 aromatic heterocycles. The van der Waals surface area contributed by atoms with E-state index in [1.165, 1.54) is 18.2 Å². The van der Waals surface area contributed by atoms with Crippen molar-refractivity contribution in [1.29, 1.82) is 0 Å². The van der Waals surface area contributed by atoms with Crippen LogP contribution in [0, 0.1) is 0 Å². The molecule has 114 valence electrons. The fourth-order valence-electron chi connectivity index (χ4n) is 2.34. The van der Waals surface area contributed by atoms with Gasteiger partial charge in [0.2, 0.25) is 5.78 Å². The number of aliphatic hydroxyl groups excluding tert-OH is 1. The molecule has 3 rings (SSSR count). The zero-order chi connectivity index (χ0) is 16.0. The van der Waals surface area contributed by atoms with Crippen molar-refractivity contribution in [3.63, 3.8) is 0 Å². The van der Waals surface area contributed by atoms with Crippen LogP contribution in [0.25, 0.3) is 0 Å². The van der Waals surface area contributed by atoms with Crippen molar-refractivity contribution in [1.82, 2.24) is 0 Å². The van der Waals surface area contributed by atoms with Gasteiger partial charge in [0, 0.05) is 17.2 Å². The average molecular weight is 304 g/mol. The minimum Gasteiger partial charge on any atom is -0.508 e. The van der Waals surface area contributed by atoms with Gasteiger partial charge in [0.1, 0.15) is 17.6 Å². The molecule has 2 aromatic rings. The predicted molar refractivity (Wildman–Crippen MR) is 72.9 cm³/mol. The molecule has 0 amide bonds. The molecule has 1 aliphatic heterocycles. The molecule has 0 saturated carbocycles. The maximum Gasteiger partial charge on any atom is 0.210 e. The summed E-state index contributed by atoms with van der Waals surface area (Å²) in [6.45, 7) is 0. The Morgan fingerprint density at radius 3 is 2.23 bits per heavy atom. The van der Waals surface area contributed by atoms with Gasteiger partial charge >= 0.3 is 0 Å². The first kappa shape index (κ1) is 14.0. The maximum absolute atomic E-state index is 12.2. The molecule has 2 atom stereocenters. The smallest absolute Gasteiger partial charge is 0.210 e. The normalized spacial score (nSPS) is 20.3. The summed E-state index contributed by atoms with van der Waals surface area (Å²) in [6.07, 6.45) is -2.76. The number of ketones is 1. The van der Waals surface area contributed by atoms with E-state index in [1.807, 2.05) is 0 Å². The molecule has 0 radical (unpaired) electrons. The summed E-state index contributed by atoms with van der Waals surface area (Å²) in [7, 11) is 0. The standard InChI is InChI=1S/C15H12O7/c16-7-1-2-8-11(5-7)22-15(14(21)12(8)19)6-3-9(17)13(20)10(18)4-6/h1-5,12,15-20H. The van der Waals surface area contributed by atoms with Crippen LogP contribution in [-0.2, 0) is 4.79 Å². The SMILES string of the molecule is O=C1C(O)c2ccc(O)cc2OC1c1cc(O)c(O)c(O)c1. The lowest BCUT2D eigenvalue weighted by atomic mass is 9.93. The van der Waals surface area contributed by atoms with E-state index in [0.717, 1.165) is 12.1 Å². The summed E-state index contributed by atoms with van der Waals surface area (Å²) in [5.74, 6) is -2.64. The fraction of sp³-hybridized carbons (Fsp3) is 0.133. The molecule has 0 aliphatic carbocycles. The summed E-state index contributed by atoms with van der Waals surface area (Å²) in [5, 5.41) is 47.9. The highest BCUT2D eigenvalue weighted by Gasteiger charge is 2.37. The zero-order valence-electron chi connectivity index (χ0n) is 11.1. The van der Waals surface area contributed by atoms with Crippen molar-refractivity contribution in [2.45, 2.75) is 12.2 Å². The average Bonchev–Trinajstić information content (AvgIpc) is 2.47. The third kappa shape index (κ3) is 2.08. The number of carbonyl (C=O) groups excluding carboxylic acids is 1. The third-order valence-electron chi connectivity index (χ3n) is 3.46. The third-order valence-corrected chi connectivity index (χ3v) is 3.46. The molecule has 7 heteroatoms. The van der Waals surface area contributed by atoms with Crippen LogP contribution in [0.15, 0.2) is 30.3 Å². The second-order valence-electron chi connectivity index (χ2n) is 4.93. The van der Waals surface area contributed by atoms with Gasteiger partial charge in [0.25, 0.3) is 0 Å². The molecule has 1 aliphatic rings. The number of aliphatic hydroxyl groups is 1. The molecule has 0 saturated heterocycles. The molecular weight excluding hydrogens is 292 g/mol. The topological polar surface area (TPSA) is 127 Å². The largest absolute Gasteiger partial charge is 0.508 e. The Balaban J connectivity index is 2.08. The van der Waals surface area contributed by atoms with Gasteiger partial charge in [-0.15, -0.1) is 0 Å². The molecule has 0 bridgehead atoms. The number of fused-ring (bicyclic) bond motifs is 1. The Bertz CT molecular complexity index is 745. The quantitative estimate of drug-likeness (QED) is 0.501. The Hall–Kier alpha value is -2.93. The number of phenols is 4. The van der Waals surface area contributed by atoms with Crippen LogP contribution in [0.3, 0.4) is 0 Å². The number of hydrogen-bond acceptors (Lipinski definition) is 7. The number of benzene rings is 2. The minimum absolute atomic E-state index is 0.0610. The highest BCUT2D eigenvalue weighted by Crippen LogP contribution is 2.43. The van der Waals surface area contributed by atoms with E-state index in [4.69, 9.17) is 4.74 Å². The van der Waals surface area contributed by atoms with Gasteiger partial charge < -0.3 is 30.3 Å². The van der Waals surface area contributed by atoms with E-state index in [0.29, 0.717) is 0 Å². The van der Waals surface area contributed by atoms with E-state index >= 15 is 0 Å². The van der Waals surface area contributed by atoms with Crippen LogP contribution in [0.4, 0.5) is 0 Å². The lowest BCUT2D eigenvalue weighted by Gasteiger charge is -2.28. The Kier molecular flexibility index (Phi) is 3.07. The van der Waals surface area contributed by atoms with Crippen molar-refractivity contribution in [3.05, 3.63) is 41.5 Å². The number of Topliss-reactive ketones (excluding diaryl/α,β-unsaturated/α-hetero) is 1. The van der Waals surface area contributed by atoms with Crippen LogP contribution in [0.5, 0.6) is 28.7 Å². The highest BCUT2D eigenvalue weighted by atomic mass is 16.5. The first-order chi connectivity index (χ1) is 10.4. The predicted octanol–water partition coefficient (Wildman–Crippen LogP) is 1.25. The number of hydrogen-bond donors (Lipinski definition) is 5. The number of rotatable bonds is 1. The summed E-state index contributed by atoms with van der Waals surface area (Å²) < 4.78 is 5.46. The minimum atomic E-state index is -1.47. The molecule has 0 spiro atoms. The monoisotopic (exact) mass is 304 g/mol. The van der Waals surface area contributed by atoms with Crippen LogP contribution in [0.2, 0.25) is 0 Å². The van der Waals surface area contributed by atoms with Crippen molar-refractivity contribution in [2.24, 2.45) is 0 Å². The number of phenolic OH excluding ortho intramolecular Hbond substituents is 4. The van der Waals surface area contributed by atoms with Gasteiger partial charge in [-0.05, 0) is 24.3 Å². The van der Waals surface area contributed by atoms with Gasteiger partial charge in [-0.3, -0.25) is 4.79 Å². The molecule has 0 fully saturated rings. The van der Waals surface area contributed by atoms with Gasteiger partial charge in [0.15, 0.2) is 23.4 Å². The summed E-state index contributed by atoms with van der Waals surface area (Å²) in [6, 6.07) is 6.04. The summed E-state index contributed by atoms with van der Waals surface area (Å²) in [4.78, 5) is 12.2. The molecule has 22 heavy (non-hydrogen) atoms. The van der Waals surface area contributed by atoms with Crippen LogP contribution in [-0.4, -0.2) is 31.3 Å². The van der Waals surface area contributed by atoms with Crippen LogP contribution < -0.4 is 4.74 Å². The summed E-state index contributed by atoms with van der Waals surface area (Å²) in [5.41, 5.74) is 0.275. The van der Waals surface area contributed by atoms with Gasteiger partial charge in [-0.25, -0.2) is 0 Å². The van der Waals surface area contributed by atoms with Gasteiger partial charge in [-0.2, -0.15) is 0 Å². The lowest BCUT2D eigenvalue weighted by Crippen LogP contribution is -2.29. The first-order valence-electron chi connectivity index (χ1n) is 6.34. The van der Waals surface area contributed by atoms with Crippen LogP contribution >= 0.6 is 0 Å². The second-order valence-corrected chi connectivity index (χ2v) is 4.93. The van der Waals surface area contributed by atoms with Crippen LogP contribution in [0.1, 0.15) is 23.3 Å². The second kappa shape index (κ2) is 4.81. The molecule has 7 nitrogen and oxygen atoms in total. The highest BCUT2D eigenvalue weighted by molar-refractivity contribution is 5.92. The van der Waals surface area contributed by atoms with Crippen molar-refractivity contribution >= 4 is 5.78 Å². The first-order valence-corrected chi connectivity index (χ1v) is 6.34. The Labute approximate surface area is 124 Å². The lowest BCUT2D eigenvalue weighted by molar-refractivity contribution is -0.137. The fourth-order valence-corrected chi connectivity index (χ4v) is 2.34. The number of aromatic hydroxyl groups is 4. The summed E-state index contributed by atoms with van der Waals surface area (Å²) >= 11 is 0. The van der Waals surface area contributed by atoms with Crippen molar-refractivity contribution < 1.29 is 35.1 Å². The zero-order valence-corrected chi connectivity index (χ0v) is 11.1. The molecule has 2 aromatic carbocycles. The van der Waals surface area contributed by atoms with Gasteiger partial charge in [-0.1, -0.05) is 0 Å². The maximum atomic E-state index is 12.2.